The first-order valence-electron chi connectivity index (χ1n) is 16.1. The van der Waals surface area contributed by atoms with Crippen LogP contribution in [0.1, 0.15) is 19.8 Å². The van der Waals surface area contributed by atoms with Gasteiger partial charge in [0.25, 0.3) is 7.44 Å². The molecule has 1 aliphatic rings. The molecule has 0 aliphatic carbocycles. The summed E-state index contributed by atoms with van der Waals surface area (Å²) in [5.74, 6) is 0. The summed E-state index contributed by atoms with van der Waals surface area (Å²) in [4.78, 5) is 0. The van der Waals surface area contributed by atoms with Gasteiger partial charge in [0.2, 0.25) is 0 Å². The van der Waals surface area contributed by atoms with E-state index in [0.717, 1.165) is 62.9 Å². The number of nitrogens with one attached hydrogen (secondary N) is 1. The van der Waals surface area contributed by atoms with Crippen molar-refractivity contribution in [3.63, 3.8) is 0 Å². The summed E-state index contributed by atoms with van der Waals surface area (Å²) in [6.45, 7) is 2.16. The predicted molar refractivity (Wildman–Crippen MR) is 197 cm³/mol. The lowest BCUT2D eigenvalue weighted by Gasteiger charge is -2.28. The van der Waals surface area contributed by atoms with Crippen LogP contribution in [-0.2, 0) is 4.57 Å². The Bertz CT molecular complexity index is 2250. The summed E-state index contributed by atoms with van der Waals surface area (Å²) in [5.41, 5.74) is 9.73. The monoisotopic (exact) mass is 614 g/mol. The molecule has 0 aromatic heterocycles. The van der Waals surface area contributed by atoms with Crippen molar-refractivity contribution >= 4 is 46.1 Å². The van der Waals surface area contributed by atoms with Crippen LogP contribution in [0, 0.1) is 0 Å². The molecule has 0 spiro atoms. The van der Waals surface area contributed by atoms with E-state index in [1.54, 1.807) is 0 Å². The smallest absolute Gasteiger partial charge is 0.265 e. The second-order valence-corrected chi connectivity index (χ2v) is 14.5. The van der Waals surface area contributed by atoms with Gasteiger partial charge in [-0.15, -0.1) is 0 Å². The third-order valence-corrected chi connectivity index (χ3v) is 11.7. The van der Waals surface area contributed by atoms with E-state index in [9.17, 15) is 0 Å². The third kappa shape index (κ3) is 4.71. The fourth-order valence-corrected chi connectivity index (χ4v) is 9.84. The van der Waals surface area contributed by atoms with E-state index < -0.39 is 7.44 Å². The second-order valence-electron chi connectivity index (χ2n) is 12.0. The van der Waals surface area contributed by atoms with Gasteiger partial charge in [-0.3, -0.25) is 9.24 Å². The maximum absolute atomic E-state index is 15.4. The zero-order chi connectivity index (χ0) is 31.1. The molecule has 1 atom stereocenters. The molecule has 46 heavy (non-hydrogen) atoms. The van der Waals surface area contributed by atoms with Crippen LogP contribution in [0.15, 0.2) is 152 Å². The molecule has 0 amide bonds. The Hall–Kier alpha value is -5.11. The number of anilines is 3. The maximum atomic E-state index is 15.4. The molecule has 1 aliphatic heterocycles. The largest absolute Gasteiger partial charge is 0.318 e. The van der Waals surface area contributed by atoms with Gasteiger partial charge in [0.15, 0.2) is 0 Å². The average molecular weight is 615 g/mol. The summed E-state index contributed by atoms with van der Waals surface area (Å²) < 4.78 is 17.6. The molecule has 0 bridgehead atoms. The van der Waals surface area contributed by atoms with Crippen LogP contribution in [0.3, 0.4) is 0 Å². The number of fused-ring (bicyclic) bond motifs is 3. The molecule has 8 rings (SSSR count). The van der Waals surface area contributed by atoms with Gasteiger partial charge in [-0.1, -0.05) is 153 Å². The Morgan fingerprint density at radius 2 is 1.02 bits per heavy atom. The lowest BCUT2D eigenvalue weighted by atomic mass is 9.90. The van der Waals surface area contributed by atoms with E-state index in [0.29, 0.717) is 6.16 Å². The van der Waals surface area contributed by atoms with Gasteiger partial charge in [-0.25, -0.2) is 0 Å². The van der Waals surface area contributed by atoms with Crippen LogP contribution in [0.2, 0.25) is 0 Å². The van der Waals surface area contributed by atoms with Crippen molar-refractivity contribution in [2.75, 3.05) is 15.9 Å². The Labute approximate surface area is 270 Å². The Kier molecular flexibility index (Phi) is 7.20. The highest BCUT2D eigenvalue weighted by molar-refractivity contribution is 7.68. The number of benzene rings is 7. The van der Waals surface area contributed by atoms with Gasteiger partial charge < -0.3 is 5.09 Å². The van der Waals surface area contributed by atoms with Crippen LogP contribution in [0.4, 0.5) is 17.1 Å². The van der Waals surface area contributed by atoms with E-state index >= 15 is 4.57 Å². The SMILES string of the molecule is CCCCP1(=O)Nc2c(-c3cccc4cccc(-c5ccccc5)c34)cccc2N1c1cccc2cccc(-c3ccccc3)c12. The molecule has 1 unspecified atom stereocenters. The molecule has 224 valence electrons. The van der Waals surface area contributed by atoms with Gasteiger partial charge in [-0.05, 0) is 62.5 Å². The standard InChI is InChI=1S/C42H35N2OP/c1-2-3-29-46(45)43-42-37(36-25-12-20-32-19-10-23-34(40(32)36)30-15-6-4-7-16-30)26-14-28-39(42)44(46)38-27-13-22-33-21-11-24-35(41(33)38)31-17-8-5-9-18-31/h4-28H,2-3,29H2,1H3,(H,43,45). The van der Waals surface area contributed by atoms with Gasteiger partial charge in [0, 0.05) is 17.1 Å². The van der Waals surface area contributed by atoms with Crippen molar-refractivity contribution in [3.8, 4) is 33.4 Å². The number of rotatable bonds is 7. The highest BCUT2D eigenvalue weighted by atomic mass is 31.2. The van der Waals surface area contributed by atoms with Crippen molar-refractivity contribution in [2.45, 2.75) is 19.8 Å². The third-order valence-electron chi connectivity index (χ3n) is 9.17. The van der Waals surface area contributed by atoms with Crippen LogP contribution in [0.5, 0.6) is 0 Å². The highest BCUT2D eigenvalue weighted by Crippen LogP contribution is 2.66. The minimum absolute atomic E-state index is 0.576. The number of unbranched alkanes of at least 4 members (excludes halogenated alkanes) is 1. The van der Waals surface area contributed by atoms with Crippen molar-refractivity contribution in [3.05, 3.63) is 152 Å². The van der Waals surface area contributed by atoms with E-state index in [1.165, 1.54) is 21.9 Å². The first-order chi connectivity index (χ1) is 22.7. The molecule has 1 N–H and O–H groups in total. The van der Waals surface area contributed by atoms with Crippen LogP contribution < -0.4 is 9.76 Å². The molecule has 0 saturated carbocycles. The van der Waals surface area contributed by atoms with Crippen LogP contribution in [-0.4, -0.2) is 6.16 Å². The fourth-order valence-electron chi connectivity index (χ4n) is 7.07. The van der Waals surface area contributed by atoms with Crippen molar-refractivity contribution < 1.29 is 4.57 Å². The number of hydrogen-bond donors (Lipinski definition) is 1. The molecular weight excluding hydrogens is 579 g/mol. The van der Waals surface area contributed by atoms with Gasteiger partial charge in [0.1, 0.15) is 0 Å². The quantitative estimate of drug-likeness (QED) is 0.181. The number of nitrogens with zero attached hydrogens (tertiary/aromatic N) is 1. The zero-order valence-corrected chi connectivity index (χ0v) is 26.8. The molecule has 0 fully saturated rings. The molecule has 1 heterocycles. The lowest BCUT2D eigenvalue weighted by Crippen LogP contribution is -2.14. The van der Waals surface area contributed by atoms with E-state index in [4.69, 9.17) is 0 Å². The average Bonchev–Trinajstić information content (AvgIpc) is 3.42. The Morgan fingerprint density at radius 3 is 1.65 bits per heavy atom. The topological polar surface area (TPSA) is 32.3 Å². The molecule has 3 nitrogen and oxygen atoms in total. The molecule has 4 heteroatoms. The predicted octanol–water partition coefficient (Wildman–Crippen LogP) is 12.6. The number of hydrogen-bond acceptors (Lipinski definition) is 1. The van der Waals surface area contributed by atoms with Gasteiger partial charge in [0.05, 0.1) is 17.1 Å². The second kappa shape index (κ2) is 11.7. The highest BCUT2D eigenvalue weighted by Gasteiger charge is 2.41. The molecule has 0 radical (unpaired) electrons. The summed E-state index contributed by atoms with van der Waals surface area (Å²) >= 11 is 0. The van der Waals surface area contributed by atoms with Crippen molar-refractivity contribution in [1.82, 2.24) is 0 Å². The normalized spacial score (nSPS) is 15.6. The van der Waals surface area contributed by atoms with Crippen molar-refractivity contribution in [1.29, 1.82) is 0 Å². The zero-order valence-electron chi connectivity index (χ0n) is 25.9. The molecule has 7 aromatic rings. The first kappa shape index (κ1) is 28.4. The minimum Gasteiger partial charge on any atom is -0.318 e. The molecule has 7 aromatic carbocycles. The van der Waals surface area contributed by atoms with Crippen molar-refractivity contribution in [2.24, 2.45) is 0 Å². The number of para-hydroxylation sites is 1. The summed E-state index contributed by atoms with van der Waals surface area (Å²) in [5, 5.41) is 8.32. The van der Waals surface area contributed by atoms with E-state index in [1.807, 2.05) is 6.07 Å². The summed E-state index contributed by atoms with van der Waals surface area (Å²) in [6, 6.07) is 53.4. The van der Waals surface area contributed by atoms with Crippen LogP contribution in [0.25, 0.3) is 54.9 Å². The Balaban J connectivity index is 1.39. The molecular formula is C42H35N2OP. The maximum Gasteiger partial charge on any atom is 0.265 e. The summed E-state index contributed by atoms with van der Waals surface area (Å²) in [7, 11) is -3.11. The van der Waals surface area contributed by atoms with E-state index in [-0.39, 0.29) is 0 Å². The minimum atomic E-state index is -3.11. The summed E-state index contributed by atoms with van der Waals surface area (Å²) in [6.07, 6.45) is 2.41. The van der Waals surface area contributed by atoms with E-state index in [2.05, 4.69) is 162 Å². The Morgan fingerprint density at radius 1 is 0.522 bits per heavy atom. The lowest BCUT2D eigenvalue weighted by molar-refractivity contribution is 0.577. The first-order valence-corrected chi connectivity index (χ1v) is 18.0. The van der Waals surface area contributed by atoms with Crippen LogP contribution >= 0.6 is 7.44 Å². The fraction of sp³-hybridized carbons (Fsp3) is 0.0952. The molecule has 0 saturated heterocycles. The van der Waals surface area contributed by atoms with Gasteiger partial charge >= 0.3 is 0 Å². The van der Waals surface area contributed by atoms with Gasteiger partial charge in [-0.2, -0.15) is 0 Å².